The lowest BCUT2D eigenvalue weighted by Gasteiger charge is -2.35. The smallest absolute Gasteiger partial charge is 0.0969 e. The van der Waals surface area contributed by atoms with Crippen LogP contribution in [0.15, 0.2) is 18.5 Å². The molecule has 0 radical (unpaired) electrons. The van der Waals surface area contributed by atoms with Gasteiger partial charge in [-0.1, -0.05) is 6.58 Å². The van der Waals surface area contributed by atoms with Crippen molar-refractivity contribution < 1.29 is 4.74 Å². The fraction of sp³-hybridized carbons (Fsp3) is 0.667. The van der Waals surface area contributed by atoms with Crippen LogP contribution < -0.4 is 0 Å². The molecule has 0 spiro atoms. The van der Waals surface area contributed by atoms with Crippen LogP contribution in [0.25, 0.3) is 0 Å². The van der Waals surface area contributed by atoms with E-state index in [1.165, 1.54) is 0 Å². The highest BCUT2D eigenvalue weighted by Gasteiger charge is 2.25. The number of nitrogens with one attached hydrogen (secondary N) is 1. The predicted octanol–water partition coefficient (Wildman–Crippen LogP) is 1.36. The van der Waals surface area contributed by atoms with Crippen molar-refractivity contribution in [3.63, 3.8) is 0 Å². The summed E-state index contributed by atoms with van der Waals surface area (Å²) in [5.74, 6) is 0.905. The molecule has 0 aliphatic carbocycles. The van der Waals surface area contributed by atoms with Crippen molar-refractivity contribution in [3.05, 3.63) is 24.2 Å². The van der Waals surface area contributed by atoms with E-state index in [-0.39, 0.29) is 6.10 Å². The summed E-state index contributed by atoms with van der Waals surface area (Å²) in [4.78, 5) is 2.36. The summed E-state index contributed by atoms with van der Waals surface area (Å²) in [6.07, 6.45) is 4.97. The van der Waals surface area contributed by atoms with Gasteiger partial charge in [-0.2, -0.15) is 15.4 Å². The molecule has 1 fully saturated rings. The van der Waals surface area contributed by atoms with Crippen LogP contribution in [-0.2, 0) is 11.2 Å². The third-order valence-electron chi connectivity index (χ3n) is 3.24. The topological polar surface area (TPSA) is 54.0 Å². The van der Waals surface area contributed by atoms with Gasteiger partial charge >= 0.3 is 0 Å². The number of hydrogen-bond donors (Lipinski definition) is 1. The average Bonchev–Trinajstić information content (AvgIpc) is 2.77. The Morgan fingerprint density at radius 1 is 1.65 bits per heavy atom. The number of nitrogens with zero attached hydrogens (tertiary/aromatic N) is 3. The molecule has 1 aliphatic rings. The molecule has 1 N–H and O–H groups in total. The Bertz CT molecular complexity index is 363. The van der Waals surface area contributed by atoms with Gasteiger partial charge in [-0.15, -0.1) is 0 Å². The van der Waals surface area contributed by atoms with Crippen molar-refractivity contribution in [2.45, 2.75) is 38.3 Å². The lowest BCUT2D eigenvalue weighted by molar-refractivity contribution is 0.0394. The van der Waals surface area contributed by atoms with E-state index in [0.717, 1.165) is 37.3 Å². The van der Waals surface area contributed by atoms with Gasteiger partial charge in [0, 0.05) is 25.4 Å². The standard InChI is InChI=1S/C12H20N4O/c1-9-6-12(7-10(2)17-9)16(3)5-4-11-8-13-15-14-11/h8,10,12H,1,4-7H2,2-3H3,(H,13,14,15). The van der Waals surface area contributed by atoms with Crippen LogP contribution in [0.1, 0.15) is 25.5 Å². The van der Waals surface area contributed by atoms with Gasteiger partial charge in [0.1, 0.15) is 0 Å². The first-order valence-corrected chi connectivity index (χ1v) is 6.04. The molecule has 5 heteroatoms. The van der Waals surface area contributed by atoms with Gasteiger partial charge in [0.05, 0.1) is 23.8 Å². The molecule has 0 saturated carbocycles. The van der Waals surface area contributed by atoms with E-state index < -0.39 is 0 Å². The molecule has 1 aromatic rings. The van der Waals surface area contributed by atoms with Crippen LogP contribution in [0.5, 0.6) is 0 Å². The largest absolute Gasteiger partial charge is 0.496 e. The molecule has 17 heavy (non-hydrogen) atoms. The monoisotopic (exact) mass is 236 g/mol. The lowest BCUT2D eigenvalue weighted by Crippen LogP contribution is -2.39. The van der Waals surface area contributed by atoms with Gasteiger partial charge in [-0.25, -0.2) is 0 Å². The molecule has 2 heterocycles. The van der Waals surface area contributed by atoms with E-state index in [2.05, 4.69) is 40.9 Å². The third-order valence-corrected chi connectivity index (χ3v) is 3.24. The van der Waals surface area contributed by atoms with Gasteiger partial charge in [0.15, 0.2) is 0 Å². The first-order valence-electron chi connectivity index (χ1n) is 6.04. The molecule has 0 amide bonds. The van der Waals surface area contributed by atoms with E-state index in [1.54, 1.807) is 6.20 Å². The molecule has 2 atom stereocenters. The van der Waals surface area contributed by atoms with Gasteiger partial charge in [0.25, 0.3) is 0 Å². The third kappa shape index (κ3) is 3.30. The molecule has 0 bridgehead atoms. The van der Waals surface area contributed by atoms with Crippen molar-refractivity contribution in [1.29, 1.82) is 0 Å². The molecule has 2 rings (SSSR count). The summed E-state index contributed by atoms with van der Waals surface area (Å²) in [6.45, 7) is 7.01. The molecule has 5 nitrogen and oxygen atoms in total. The Labute approximate surface area is 102 Å². The van der Waals surface area contributed by atoms with Crippen LogP contribution in [0, 0.1) is 0 Å². The minimum absolute atomic E-state index is 0.274. The number of rotatable bonds is 4. The second-order valence-electron chi connectivity index (χ2n) is 4.75. The van der Waals surface area contributed by atoms with Gasteiger partial charge in [0.2, 0.25) is 0 Å². The summed E-state index contributed by atoms with van der Waals surface area (Å²) < 4.78 is 5.57. The number of ether oxygens (including phenoxy) is 1. The average molecular weight is 236 g/mol. The Hall–Kier alpha value is -1.36. The maximum absolute atomic E-state index is 5.57. The van der Waals surface area contributed by atoms with Crippen LogP contribution in [0.2, 0.25) is 0 Å². The number of hydrogen-bond acceptors (Lipinski definition) is 4. The molecule has 0 aromatic carbocycles. The van der Waals surface area contributed by atoms with Crippen molar-refractivity contribution in [2.75, 3.05) is 13.6 Å². The first-order chi connectivity index (χ1) is 8.15. The van der Waals surface area contributed by atoms with Gasteiger partial charge in [-0.3, -0.25) is 0 Å². The Morgan fingerprint density at radius 2 is 2.47 bits per heavy atom. The van der Waals surface area contributed by atoms with E-state index in [4.69, 9.17) is 4.74 Å². The molecule has 1 aromatic heterocycles. The van der Waals surface area contributed by atoms with E-state index in [9.17, 15) is 0 Å². The maximum Gasteiger partial charge on any atom is 0.0969 e. The zero-order chi connectivity index (χ0) is 12.3. The van der Waals surface area contributed by atoms with E-state index in [1.807, 2.05) is 0 Å². The van der Waals surface area contributed by atoms with Crippen LogP contribution in [-0.4, -0.2) is 46.0 Å². The normalized spacial score (nSPS) is 25.0. The second kappa shape index (κ2) is 5.31. The van der Waals surface area contributed by atoms with Crippen LogP contribution in [0.4, 0.5) is 0 Å². The number of aromatic nitrogens is 3. The zero-order valence-electron chi connectivity index (χ0n) is 10.5. The lowest BCUT2D eigenvalue weighted by atomic mass is 10.0. The van der Waals surface area contributed by atoms with Gasteiger partial charge < -0.3 is 9.64 Å². The van der Waals surface area contributed by atoms with Crippen molar-refractivity contribution in [3.8, 4) is 0 Å². The Kier molecular flexibility index (Phi) is 3.78. The summed E-state index contributed by atoms with van der Waals surface area (Å²) in [5.41, 5.74) is 1.01. The molecular formula is C12H20N4O. The highest BCUT2D eigenvalue weighted by Crippen LogP contribution is 2.24. The Morgan fingerprint density at radius 3 is 3.12 bits per heavy atom. The zero-order valence-corrected chi connectivity index (χ0v) is 10.5. The van der Waals surface area contributed by atoms with E-state index in [0.29, 0.717) is 6.04 Å². The molecule has 2 unspecified atom stereocenters. The fourth-order valence-corrected chi connectivity index (χ4v) is 2.27. The highest BCUT2D eigenvalue weighted by molar-refractivity contribution is 4.96. The summed E-state index contributed by atoms with van der Waals surface area (Å²) >= 11 is 0. The predicted molar refractivity (Wildman–Crippen MR) is 65.4 cm³/mol. The number of aromatic amines is 1. The minimum atomic E-state index is 0.274. The van der Waals surface area contributed by atoms with E-state index >= 15 is 0 Å². The Balaban J connectivity index is 1.82. The van der Waals surface area contributed by atoms with Crippen molar-refractivity contribution in [1.82, 2.24) is 20.3 Å². The van der Waals surface area contributed by atoms with Crippen molar-refractivity contribution >= 4 is 0 Å². The SMILES string of the molecule is C=C1CC(N(C)CCc2cn[nH]n2)CC(C)O1. The molecule has 94 valence electrons. The first kappa shape index (κ1) is 12.1. The maximum atomic E-state index is 5.57. The quantitative estimate of drug-likeness (QED) is 0.857. The van der Waals surface area contributed by atoms with Crippen LogP contribution >= 0.6 is 0 Å². The molecule has 1 aliphatic heterocycles. The summed E-state index contributed by atoms with van der Waals surface area (Å²) in [6, 6.07) is 0.526. The fourth-order valence-electron chi connectivity index (χ4n) is 2.27. The molecular weight excluding hydrogens is 216 g/mol. The van der Waals surface area contributed by atoms with Crippen molar-refractivity contribution in [2.24, 2.45) is 0 Å². The number of likely N-dealkylation sites (N-methyl/N-ethyl adjacent to an activating group) is 1. The second-order valence-corrected chi connectivity index (χ2v) is 4.75. The molecule has 1 saturated heterocycles. The minimum Gasteiger partial charge on any atom is -0.496 e. The highest BCUT2D eigenvalue weighted by atomic mass is 16.5. The van der Waals surface area contributed by atoms with Crippen LogP contribution in [0.3, 0.4) is 0 Å². The summed E-state index contributed by atoms with van der Waals surface area (Å²) in [5, 5.41) is 10.5. The summed E-state index contributed by atoms with van der Waals surface area (Å²) in [7, 11) is 2.15. The number of H-pyrrole nitrogens is 1. The van der Waals surface area contributed by atoms with Gasteiger partial charge in [-0.05, 0) is 20.4 Å².